The molecule has 0 fully saturated rings. The number of carbonyl (C=O) groups is 1. The number of halogens is 1. The van der Waals surface area contributed by atoms with E-state index in [-0.39, 0.29) is 5.71 Å². The Morgan fingerprint density at radius 2 is 1.85 bits per heavy atom. The van der Waals surface area contributed by atoms with E-state index in [4.69, 9.17) is 11.6 Å². The summed E-state index contributed by atoms with van der Waals surface area (Å²) in [6.07, 6.45) is 3.39. The van der Waals surface area contributed by atoms with Gasteiger partial charge in [-0.1, -0.05) is 58.4 Å². The highest BCUT2D eigenvalue weighted by Gasteiger charge is 2.26. The zero-order chi connectivity index (χ0) is 18.1. The molecule has 0 saturated heterocycles. The van der Waals surface area contributed by atoms with E-state index in [9.17, 15) is 10.0 Å². The fourth-order valence-electron chi connectivity index (χ4n) is 2.73. The number of benzene rings is 2. The topological polar surface area (TPSA) is 67.0 Å². The van der Waals surface area contributed by atoms with Gasteiger partial charge in [0, 0.05) is 23.0 Å². The van der Waals surface area contributed by atoms with Gasteiger partial charge in [0.05, 0.1) is 10.6 Å². The van der Waals surface area contributed by atoms with Crippen LogP contribution in [0.2, 0.25) is 5.02 Å². The molecule has 0 saturated carbocycles. The third-order valence-corrected chi connectivity index (χ3v) is 5.31. The molecule has 0 unspecified atom stereocenters. The van der Waals surface area contributed by atoms with E-state index in [2.05, 4.69) is 10.1 Å². The van der Waals surface area contributed by atoms with Crippen LogP contribution in [-0.4, -0.2) is 26.1 Å². The first-order valence-electron chi connectivity index (χ1n) is 7.73. The molecule has 0 atom stereocenters. The van der Waals surface area contributed by atoms with Crippen molar-refractivity contribution in [2.24, 2.45) is 5.16 Å². The van der Waals surface area contributed by atoms with Crippen LogP contribution in [0.3, 0.4) is 0 Å². The average molecular weight is 382 g/mol. The fraction of sp³-hybridized carbons (Fsp3) is 0. The lowest BCUT2D eigenvalue weighted by molar-refractivity contribution is 0.106. The Labute approximate surface area is 157 Å². The minimum absolute atomic E-state index is 0.0459. The minimum atomic E-state index is -0.394. The number of rotatable bonds is 4. The monoisotopic (exact) mass is 381 g/mol. The molecular weight excluding hydrogens is 370 g/mol. The second-order valence-corrected chi connectivity index (χ2v) is 6.92. The molecule has 0 aliphatic rings. The summed E-state index contributed by atoms with van der Waals surface area (Å²) < 4.78 is 1.76. The van der Waals surface area contributed by atoms with Gasteiger partial charge in [0.1, 0.15) is 0 Å². The van der Waals surface area contributed by atoms with Crippen LogP contribution >= 0.6 is 22.9 Å². The number of nitrogens with zero attached hydrogens (tertiary/aromatic N) is 3. The number of oxime groups is 1. The Balaban J connectivity index is 1.90. The van der Waals surface area contributed by atoms with Crippen molar-refractivity contribution in [2.75, 3.05) is 0 Å². The third kappa shape index (κ3) is 2.79. The van der Waals surface area contributed by atoms with Gasteiger partial charge in [-0.25, -0.2) is 4.98 Å². The lowest BCUT2D eigenvalue weighted by Crippen LogP contribution is -2.18. The first kappa shape index (κ1) is 16.5. The molecule has 4 rings (SSSR count). The van der Waals surface area contributed by atoms with Crippen molar-refractivity contribution in [3.63, 3.8) is 0 Å². The lowest BCUT2D eigenvalue weighted by Gasteiger charge is -2.07. The standard InChI is InChI=1S/C19H12ClN3O2S/c20-14-8-6-12(7-9-14)17(24)15(22-25)16-18(13-4-2-1-3-5-13)26-19-21-10-11-23(16)19/h1-11,25H/b22-15+. The van der Waals surface area contributed by atoms with E-state index in [1.807, 2.05) is 30.3 Å². The van der Waals surface area contributed by atoms with Gasteiger partial charge in [0.2, 0.25) is 5.78 Å². The summed E-state index contributed by atoms with van der Waals surface area (Å²) in [7, 11) is 0. The summed E-state index contributed by atoms with van der Waals surface area (Å²) in [6, 6.07) is 16.1. The first-order chi connectivity index (χ1) is 12.7. The summed E-state index contributed by atoms with van der Waals surface area (Å²) in [5.74, 6) is -0.394. The molecular formula is C19H12ClN3O2S. The van der Waals surface area contributed by atoms with Crippen molar-refractivity contribution in [2.45, 2.75) is 0 Å². The number of fused-ring (bicyclic) bond motifs is 1. The van der Waals surface area contributed by atoms with Gasteiger partial charge in [-0.15, -0.1) is 0 Å². The predicted octanol–water partition coefficient (Wildman–Crippen LogP) is 4.78. The number of aromatic nitrogens is 2. The molecule has 2 aromatic heterocycles. The van der Waals surface area contributed by atoms with Crippen molar-refractivity contribution < 1.29 is 10.0 Å². The Bertz CT molecular complexity index is 1110. The molecule has 0 radical (unpaired) electrons. The van der Waals surface area contributed by atoms with E-state index in [1.165, 1.54) is 11.3 Å². The first-order valence-corrected chi connectivity index (χ1v) is 8.92. The molecule has 4 aromatic rings. The lowest BCUT2D eigenvalue weighted by atomic mass is 10.0. The molecule has 0 amide bonds. The zero-order valence-electron chi connectivity index (χ0n) is 13.3. The average Bonchev–Trinajstić information content (AvgIpc) is 3.26. The van der Waals surface area contributed by atoms with E-state index in [1.54, 1.807) is 41.1 Å². The van der Waals surface area contributed by atoms with Crippen LogP contribution in [-0.2, 0) is 0 Å². The van der Waals surface area contributed by atoms with Crippen LogP contribution in [0.5, 0.6) is 0 Å². The van der Waals surface area contributed by atoms with E-state index in [0.717, 1.165) is 10.4 Å². The largest absolute Gasteiger partial charge is 0.410 e. The van der Waals surface area contributed by atoms with Crippen LogP contribution in [0.4, 0.5) is 0 Å². The number of thiazole rings is 1. The van der Waals surface area contributed by atoms with E-state index < -0.39 is 5.78 Å². The normalized spacial score (nSPS) is 11.8. The summed E-state index contributed by atoms with van der Waals surface area (Å²) in [6.45, 7) is 0. The molecule has 128 valence electrons. The van der Waals surface area contributed by atoms with Gasteiger partial charge in [-0.2, -0.15) is 0 Å². The van der Waals surface area contributed by atoms with Crippen LogP contribution in [0.15, 0.2) is 72.1 Å². The highest BCUT2D eigenvalue weighted by atomic mass is 35.5. The van der Waals surface area contributed by atoms with Crippen LogP contribution in [0.1, 0.15) is 16.1 Å². The highest BCUT2D eigenvalue weighted by molar-refractivity contribution is 7.20. The van der Waals surface area contributed by atoms with Crippen molar-refractivity contribution in [1.29, 1.82) is 0 Å². The van der Waals surface area contributed by atoms with Crippen LogP contribution < -0.4 is 0 Å². The van der Waals surface area contributed by atoms with Gasteiger partial charge in [0.15, 0.2) is 10.7 Å². The number of Topliss-reactive ketones (excluding diaryl/α,β-unsaturated/α-hetero) is 1. The highest BCUT2D eigenvalue weighted by Crippen LogP contribution is 2.33. The van der Waals surface area contributed by atoms with Gasteiger partial charge in [-0.3, -0.25) is 9.20 Å². The molecule has 5 nitrogen and oxygen atoms in total. The SMILES string of the molecule is O=C(/C(=N/O)c1c(-c2ccccc2)sc2nccn12)c1ccc(Cl)cc1. The molecule has 0 spiro atoms. The number of carbonyl (C=O) groups excluding carboxylic acids is 1. The maximum atomic E-state index is 13.0. The molecule has 0 aliphatic heterocycles. The predicted molar refractivity (Wildman–Crippen MR) is 103 cm³/mol. The Kier molecular flexibility index (Phi) is 4.28. The summed E-state index contributed by atoms with van der Waals surface area (Å²) in [5, 5.41) is 13.5. The molecule has 2 heterocycles. The van der Waals surface area contributed by atoms with Crippen molar-refractivity contribution >= 4 is 39.4 Å². The number of hydrogen-bond acceptors (Lipinski definition) is 5. The molecule has 7 heteroatoms. The molecule has 1 N–H and O–H groups in total. The van der Waals surface area contributed by atoms with Crippen molar-refractivity contribution in [1.82, 2.24) is 9.38 Å². The quantitative estimate of drug-likeness (QED) is 0.239. The zero-order valence-corrected chi connectivity index (χ0v) is 14.9. The van der Waals surface area contributed by atoms with Crippen molar-refractivity contribution in [3.8, 4) is 10.4 Å². The van der Waals surface area contributed by atoms with Crippen molar-refractivity contribution in [3.05, 3.63) is 83.3 Å². The minimum Gasteiger partial charge on any atom is -0.410 e. The van der Waals surface area contributed by atoms with Crippen LogP contribution in [0.25, 0.3) is 15.4 Å². The Morgan fingerprint density at radius 3 is 2.54 bits per heavy atom. The maximum Gasteiger partial charge on any atom is 0.216 e. The number of hydrogen-bond donors (Lipinski definition) is 1. The molecule has 0 bridgehead atoms. The van der Waals surface area contributed by atoms with Gasteiger partial charge in [-0.05, 0) is 29.8 Å². The third-order valence-electron chi connectivity index (χ3n) is 3.94. The second kappa shape index (κ2) is 6.74. The summed E-state index contributed by atoms with van der Waals surface area (Å²) >= 11 is 7.33. The summed E-state index contributed by atoms with van der Waals surface area (Å²) in [5.41, 5.74) is 1.77. The van der Waals surface area contributed by atoms with Crippen LogP contribution in [0, 0.1) is 0 Å². The molecule has 0 aliphatic carbocycles. The smallest absolute Gasteiger partial charge is 0.216 e. The molecule has 26 heavy (non-hydrogen) atoms. The Hall–Kier alpha value is -2.96. The molecule has 2 aromatic carbocycles. The second-order valence-electron chi connectivity index (χ2n) is 5.51. The Morgan fingerprint density at radius 1 is 1.12 bits per heavy atom. The number of ketones is 1. The van der Waals surface area contributed by atoms with E-state index in [0.29, 0.717) is 21.2 Å². The fourth-order valence-corrected chi connectivity index (χ4v) is 3.95. The number of imidazole rings is 1. The van der Waals surface area contributed by atoms with Gasteiger partial charge in [0.25, 0.3) is 0 Å². The summed E-state index contributed by atoms with van der Waals surface area (Å²) in [4.78, 5) is 18.8. The van der Waals surface area contributed by atoms with Gasteiger partial charge < -0.3 is 5.21 Å². The van der Waals surface area contributed by atoms with E-state index >= 15 is 0 Å². The maximum absolute atomic E-state index is 13.0. The van der Waals surface area contributed by atoms with Gasteiger partial charge >= 0.3 is 0 Å².